The fourth-order valence-electron chi connectivity index (χ4n) is 21.2. The molecular weight excluding hydrogens is 1490 g/mol. The molecule has 27 nitrogen and oxygen atoms in total. The number of carbonyl (C=O) groups excluding carboxylic acids is 6. The van der Waals surface area contributed by atoms with E-state index in [2.05, 4.69) is 64.5 Å². The molecule has 8 bridgehead atoms. The highest BCUT2D eigenvalue weighted by Gasteiger charge is 2.66. The molecule has 14 aliphatic heterocycles. The first-order chi connectivity index (χ1) is 53.6. The quantitative estimate of drug-likeness (QED) is 0.0622. The maximum atomic E-state index is 14.8. The van der Waals surface area contributed by atoms with Gasteiger partial charge in [0, 0.05) is 140 Å². The van der Waals surface area contributed by atoms with Gasteiger partial charge in [-0.05, 0) is 102 Å². The number of aromatic hydroxyl groups is 1. The van der Waals surface area contributed by atoms with Gasteiger partial charge in [0.1, 0.15) is 36.8 Å². The molecule has 15 aliphatic rings. The molecule has 588 valence electrons. The fourth-order valence-corrected chi connectivity index (χ4v) is 24.6. The van der Waals surface area contributed by atoms with E-state index >= 15 is 0 Å². The van der Waals surface area contributed by atoms with Crippen LogP contribution in [-0.4, -0.2) is 192 Å². The van der Waals surface area contributed by atoms with Crippen LogP contribution < -0.4 is 43.8 Å². The molecule has 5 N–H and O–H groups in total. The Labute approximate surface area is 660 Å². The number of H-pyrrole nitrogens is 2. The summed E-state index contributed by atoms with van der Waals surface area (Å²) >= 11 is 3.02. The van der Waals surface area contributed by atoms with Gasteiger partial charge in [0.15, 0.2) is 57.1 Å². The van der Waals surface area contributed by atoms with E-state index in [4.69, 9.17) is 47.4 Å². The summed E-state index contributed by atoms with van der Waals surface area (Å²) in [6.07, 6.45) is 2.11. The summed E-state index contributed by atoms with van der Waals surface area (Å²) in [5.41, 5.74) is 10.3. The zero-order chi connectivity index (χ0) is 77.0. The maximum absolute atomic E-state index is 14.8. The molecule has 5 aromatic carbocycles. The number of hydrogen-bond acceptors (Lipinski definition) is 27. The van der Waals surface area contributed by atoms with Gasteiger partial charge in [0.25, 0.3) is 0 Å². The number of esters is 4. The number of methoxy groups -OCH3 is 2. The largest absolute Gasteiger partial charge is 0.504 e. The first kappa shape index (κ1) is 75.6. The van der Waals surface area contributed by atoms with Crippen molar-refractivity contribution < 1.29 is 81.2 Å². The minimum atomic E-state index is -1.30. The summed E-state index contributed by atoms with van der Waals surface area (Å²) in [6, 6.07) is 17.3. The second-order valence-electron chi connectivity index (χ2n) is 30.9. The number of piperazine rings is 2. The number of rotatable bonds is 4. The lowest BCUT2D eigenvalue weighted by atomic mass is 9.68. The van der Waals surface area contributed by atoms with Crippen molar-refractivity contribution in [2.24, 2.45) is 0 Å². The number of benzene rings is 5. The first-order valence-electron chi connectivity index (χ1n) is 37.4. The normalized spacial score (nSPS) is 29.4. The van der Waals surface area contributed by atoms with Crippen LogP contribution in [0.15, 0.2) is 77.1 Å². The number of para-hydroxylation sites is 2. The van der Waals surface area contributed by atoms with E-state index < -0.39 is 99.8 Å². The van der Waals surface area contributed by atoms with Gasteiger partial charge in [-0.15, -0.1) is 23.5 Å². The monoisotopic (exact) mass is 1570 g/mol. The van der Waals surface area contributed by atoms with Gasteiger partial charge < -0.3 is 62.4 Å². The van der Waals surface area contributed by atoms with E-state index in [1.807, 2.05) is 77.3 Å². The number of allylic oxidation sites excluding steroid dienone is 2. The van der Waals surface area contributed by atoms with Crippen molar-refractivity contribution in [1.29, 1.82) is 10.5 Å². The standard InChI is InChI=1S/C41H39N5O9S.C41H41N5O8S.2CH4/c1-17-32(48)22-12-24-25(13-42)46-26-14-52-40(50)41(39-21(10-11-43-41)20-8-6-7-9-23(20)44-39)15-56-38(31(46)30(45(24)4)27(22)33(49)35(17)51-5)29-28(26)37-36(53-16-54-37)18(2)34(29)55-19(3)47;1-18-12-21-13-25-26(14-42)46-27-15-51-40(49)41(39-23(10-11-43-41)22-8-6-7-9-24(22)44-39)16-55-38(32(46)31(45(25)4)28(21)33(48)34(18)50-5)30-29(27)37-36(52-17-53-37)19(2)35(30)54-20(3)47;;/h6-9,24-26,30-31,38,43-44H,10-12,14-16H2,1-5H3;6-9,12,25-27,31-32,38,43-44,48H,10-11,13,15-17H2,1-5H3;2*1H4/t24-,25-,26-,30+,31?,38+,41+;25-,26-,27-,31+,32?,38+,41+;;/m00../s1. The Morgan fingerprint density at radius 2 is 1.07 bits per heavy atom. The average Bonchev–Trinajstić information content (AvgIpc) is 1.30. The number of hydrogen-bond donors (Lipinski definition) is 5. The molecule has 2 spiro atoms. The molecule has 4 saturated heterocycles. The summed E-state index contributed by atoms with van der Waals surface area (Å²) in [5.74, 6) is 0.814. The molecule has 2 unspecified atom stereocenters. The molecule has 22 rings (SSSR count). The average molecular weight is 1570 g/mol. The predicted molar refractivity (Wildman–Crippen MR) is 416 cm³/mol. The predicted octanol–water partition coefficient (Wildman–Crippen LogP) is 9.60. The van der Waals surface area contributed by atoms with E-state index in [1.54, 1.807) is 25.8 Å². The van der Waals surface area contributed by atoms with Gasteiger partial charge >= 0.3 is 23.9 Å². The summed E-state index contributed by atoms with van der Waals surface area (Å²) in [5, 5.41) is 42.5. The Bertz CT molecular complexity index is 5500. The van der Waals surface area contributed by atoms with Gasteiger partial charge in [0.05, 0.1) is 72.4 Å². The van der Waals surface area contributed by atoms with E-state index in [0.29, 0.717) is 105 Å². The number of ketones is 2. The Kier molecular flexibility index (Phi) is 18.5. The third-order valence-corrected chi connectivity index (χ3v) is 28.7. The topological polar surface area (TPSA) is 331 Å². The van der Waals surface area contributed by atoms with Gasteiger partial charge in [-0.1, -0.05) is 57.3 Å². The zero-order valence-electron chi connectivity index (χ0n) is 62.6. The second-order valence-corrected chi connectivity index (χ2v) is 33.2. The maximum Gasteiger partial charge on any atom is 0.333 e. The van der Waals surface area contributed by atoms with Crippen molar-refractivity contribution in [3.05, 3.63) is 150 Å². The molecule has 0 amide bonds. The van der Waals surface area contributed by atoms with Gasteiger partial charge in [-0.3, -0.25) is 49.4 Å². The van der Waals surface area contributed by atoms with Crippen LogP contribution in [0.5, 0.6) is 46.0 Å². The number of thioether (sulfide) groups is 2. The molecule has 16 heterocycles. The van der Waals surface area contributed by atoms with Gasteiger partial charge in [-0.2, -0.15) is 10.5 Å². The lowest BCUT2D eigenvalue weighted by Crippen LogP contribution is -2.73. The number of aromatic amines is 2. The molecule has 0 radical (unpaired) electrons. The SMILES string of the molecule is C.C.COC1=C(C)C(=O)C2=C(C1=O)[C@@H]1C3[C@@H]4SC[C@]5(NCCc6c5[nH]c5ccccc65)C(=O)OC[C@@H](c5c6c(c(C)c(OC(C)=O)c54)OCO6)N3[C@@H](C#N)[C@H](C2)N1C.COc1c(C)cc2c(c1O)[C@@H]1C3[C@@H]4SC[C@]5(NCCc6c5[nH]c5ccccc65)C(=O)OC[C@@H](c5c6c(c(C)c(OC(C)=O)c54)OCO6)N3[C@@H](C#N)[C@H](C2)N1C. The number of phenols is 1. The Balaban J connectivity index is 0.000000161. The lowest BCUT2D eigenvalue weighted by molar-refractivity contribution is -0.158. The number of phenolic OH excluding ortho intramolecular Hbond substituents is 1. The third-order valence-electron chi connectivity index (χ3n) is 25.7. The highest BCUT2D eigenvalue weighted by molar-refractivity contribution is 7.99. The smallest absolute Gasteiger partial charge is 0.333 e. The number of likely N-dealkylation sites (N-methyl/N-ethyl adjacent to an activating group) is 2. The van der Waals surface area contributed by atoms with Crippen molar-refractivity contribution in [2.45, 2.75) is 164 Å². The lowest BCUT2D eigenvalue weighted by Gasteiger charge is -2.62. The summed E-state index contributed by atoms with van der Waals surface area (Å²) in [4.78, 5) is 99.9. The Hall–Kier alpha value is -10.1. The van der Waals surface area contributed by atoms with Crippen LogP contribution in [0.1, 0.15) is 143 Å². The molecular formula is C84H88N10O17S2. The number of aryl methyl sites for hydroxylation is 1. The third kappa shape index (κ3) is 10.5. The van der Waals surface area contributed by atoms with Crippen molar-refractivity contribution in [1.82, 2.24) is 40.2 Å². The van der Waals surface area contributed by atoms with Crippen LogP contribution in [0.25, 0.3) is 21.8 Å². The van der Waals surface area contributed by atoms with Gasteiger partial charge in [-0.25, -0.2) is 9.59 Å². The van der Waals surface area contributed by atoms with Crippen molar-refractivity contribution in [2.75, 3.05) is 79.7 Å². The van der Waals surface area contributed by atoms with Crippen LogP contribution in [0, 0.1) is 43.4 Å². The molecule has 7 aromatic rings. The highest BCUT2D eigenvalue weighted by Crippen LogP contribution is 2.67. The van der Waals surface area contributed by atoms with E-state index in [1.165, 1.54) is 32.7 Å². The molecule has 1 aliphatic carbocycles. The summed E-state index contributed by atoms with van der Waals surface area (Å²) in [7, 11) is 6.86. The molecule has 2 aromatic heterocycles. The van der Waals surface area contributed by atoms with E-state index in [0.717, 1.165) is 73.0 Å². The molecule has 4 fully saturated rings. The highest BCUT2D eigenvalue weighted by atomic mass is 32.2. The number of fused-ring (bicyclic) bond motifs is 21. The number of carbonyl (C=O) groups is 6. The molecule has 14 atom stereocenters. The van der Waals surface area contributed by atoms with Crippen molar-refractivity contribution >= 4 is 80.8 Å². The minimum Gasteiger partial charge on any atom is -0.504 e. The summed E-state index contributed by atoms with van der Waals surface area (Å²) in [6.45, 7) is 10.6. The van der Waals surface area contributed by atoms with E-state index in [9.17, 15) is 44.4 Å². The Morgan fingerprint density at radius 1 is 0.602 bits per heavy atom. The number of nitrogens with zero attached hydrogens (tertiary/aromatic N) is 6. The molecule has 113 heavy (non-hydrogen) atoms. The second kappa shape index (κ2) is 27.6. The fraction of sp³-hybridized carbons (Fsp3) is 0.452. The number of nitrogens with one attached hydrogen (secondary N) is 4. The number of Topliss-reactive ketones (excluding diaryl/α,β-unsaturated/α-hetero) is 2. The number of nitriles is 2. The van der Waals surface area contributed by atoms with Gasteiger partial charge in [0.2, 0.25) is 19.4 Å². The van der Waals surface area contributed by atoms with Crippen LogP contribution in [0.3, 0.4) is 0 Å². The zero-order valence-corrected chi connectivity index (χ0v) is 64.2. The van der Waals surface area contributed by atoms with Crippen LogP contribution in [-0.2, 0) is 73.3 Å². The van der Waals surface area contributed by atoms with Crippen LogP contribution >= 0.6 is 23.5 Å². The minimum absolute atomic E-state index is 0. The van der Waals surface area contributed by atoms with Crippen molar-refractivity contribution in [3.63, 3.8) is 0 Å². The Morgan fingerprint density at radius 3 is 1.55 bits per heavy atom. The first-order valence-corrected chi connectivity index (χ1v) is 39.5. The van der Waals surface area contributed by atoms with E-state index in [-0.39, 0.29) is 94.3 Å². The van der Waals surface area contributed by atoms with Crippen molar-refractivity contribution in [3.8, 4) is 58.1 Å². The molecule has 29 heteroatoms. The number of ether oxygens (including phenoxy) is 10. The molecule has 0 saturated carbocycles. The van der Waals surface area contributed by atoms with Crippen LogP contribution in [0.4, 0.5) is 0 Å². The van der Waals surface area contributed by atoms with Crippen LogP contribution in [0.2, 0.25) is 0 Å². The summed E-state index contributed by atoms with van der Waals surface area (Å²) < 4.78 is 61.2. The number of aromatic nitrogens is 2.